The van der Waals surface area contributed by atoms with Gasteiger partial charge in [0.05, 0.1) is 4.47 Å². The number of carbonyl (C=O) groups is 1. The van der Waals surface area contributed by atoms with Gasteiger partial charge < -0.3 is 4.74 Å². The number of ether oxygens (including phenoxy) is 1. The molecule has 0 amide bonds. The van der Waals surface area contributed by atoms with Crippen molar-refractivity contribution < 1.29 is 18.3 Å². The fourth-order valence-electron chi connectivity index (χ4n) is 0.670. The Kier molecular flexibility index (Phi) is 3.30. The Balaban J connectivity index is 2.96. The maximum atomic E-state index is 11.8. The van der Waals surface area contributed by atoms with Crippen molar-refractivity contribution in [3.8, 4) is 5.88 Å². The van der Waals surface area contributed by atoms with Gasteiger partial charge in [-0.1, -0.05) is 0 Å². The summed E-state index contributed by atoms with van der Waals surface area (Å²) in [6, 6.07) is 2.80. The number of alkyl halides is 2. The first-order valence-electron chi connectivity index (χ1n) is 3.20. The number of pyridine rings is 1. The summed E-state index contributed by atoms with van der Waals surface area (Å²) < 4.78 is 27.8. The largest absolute Gasteiger partial charge is 0.416 e. The minimum Gasteiger partial charge on any atom is -0.416 e. The second-order valence-electron chi connectivity index (χ2n) is 2.02. The van der Waals surface area contributed by atoms with Crippen LogP contribution in [0.5, 0.6) is 5.88 Å². The molecule has 6 heteroatoms. The first-order valence-corrected chi connectivity index (χ1v) is 3.99. The van der Waals surface area contributed by atoms with Gasteiger partial charge in [-0.15, -0.1) is 0 Å². The molecule has 0 fully saturated rings. The minimum atomic E-state index is -2.95. The molecule has 1 heterocycles. The monoisotopic (exact) mass is 251 g/mol. The van der Waals surface area contributed by atoms with Crippen molar-refractivity contribution in [3.05, 3.63) is 22.3 Å². The molecule has 1 aromatic heterocycles. The molecule has 1 aromatic rings. The van der Waals surface area contributed by atoms with E-state index in [9.17, 15) is 13.6 Å². The summed E-state index contributed by atoms with van der Waals surface area (Å²) in [5.74, 6) is -0.292. The number of hydrogen-bond acceptors (Lipinski definition) is 3. The number of hydrogen-bond donors (Lipinski definition) is 0. The molecule has 3 nitrogen and oxygen atoms in total. The maximum absolute atomic E-state index is 11.8. The van der Waals surface area contributed by atoms with Crippen LogP contribution in [-0.2, 0) is 0 Å². The van der Waals surface area contributed by atoms with Crippen molar-refractivity contribution in [3.63, 3.8) is 0 Å². The molecule has 70 valence electrons. The SMILES string of the molecule is O=Cc1ccc(Br)c(OC(F)F)n1. The summed E-state index contributed by atoms with van der Waals surface area (Å²) in [6.45, 7) is -2.95. The van der Waals surface area contributed by atoms with Gasteiger partial charge in [-0.05, 0) is 28.1 Å². The third kappa shape index (κ3) is 2.73. The van der Waals surface area contributed by atoms with E-state index in [4.69, 9.17) is 0 Å². The lowest BCUT2D eigenvalue weighted by Crippen LogP contribution is -2.05. The van der Waals surface area contributed by atoms with Crippen LogP contribution < -0.4 is 4.74 Å². The first kappa shape index (κ1) is 10.0. The Morgan fingerprint density at radius 2 is 2.23 bits per heavy atom. The van der Waals surface area contributed by atoms with E-state index in [2.05, 4.69) is 25.7 Å². The highest BCUT2D eigenvalue weighted by Gasteiger charge is 2.10. The van der Waals surface area contributed by atoms with Crippen molar-refractivity contribution in [2.24, 2.45) is 0 Å². The van der Waals surface area contributed by atoms with Gasteiger partial charge >= 0.3 is 6.61 Å². The smallest absolute Gasteiger partial charge is 0.388 e. The van der Waals surface area contributed by atoms with Crippen LogP contribution in [0.1, 0.15) is 10.5 Å². The van der Waals surface area contributed by atoms with Gasteiger partial charge in [0.2, 0.25) is 5.88 Å². The molecule has 0 aliphatic carbocycles. The highest BCUT2D eigenvalue weighted by atomic mass is 79.9. The van der Waals surface area contributed by atoms with Gasteiger partial charge in [0.25, 0.3) is 0 Å². The average molecular weight is 252 g/mol. The van der Waals surface area contributed by atoms with Gasteiger partial charge in [-0.2, -0.15) is 8.78 Å². The van der Waals surface area contributed by atoms with Gasteiger partial charge in [-0.25, -0.2) is 4.98 Å². The van der Waals surface area contributed by atoms with Crippen LogP contribution in [0.25, 0.3) is 0 Å². The second kappa shape index (κ2) is 4.27. The van der Waals surface area contributed by atoms with Crippen molar-refractivity contribution in [2.45, 2.75) is 6.61 Å². The molecule has 13 heavy (non-hydrogen) atoms. The summed E-state index contributed by atoms with van der Waals surface area (Å²) in [5, 5.41) is 0. The minimum absolute atomic E-state index is 0.0406. The Morgan fingerprint density at radius 1 is 1.54 bits per heavy atom. The van der Waals surface area contributed by atoms with Crippen molar-refractivity contribution >= 4 is 22.2 Å². The van der Waals surface area contributed by atoms with E-state index in [1.54, 1.807) is 0 Å². The quantitative estimate of drug-likeness (QED) is 0.774. The normalized spacial score (nSPS) is 10.2. The molecule has 0 spiro atoms. The van der Waals surface area contributed by atoms with Gasteiger partial charge in [0.1, 0.15) is 5.69 Å². The third-order valence-electron chi connectivity index (χ3n) is 1.16. The summed E-state index contributed by atoms with van der Waals surface area (Å²) >= 11 is 2.95. The van der Waals surface area contributed by atoms with E-state index in [1.807, 2.05) is 0 Å². The van der Waals surface area contributed by atoms with Crippen LogP contribution in [0.2, 0.25) is 0 Å². The lowest BCUT2D eigenvalue weighted by atomic mass is 10.4. The van der Waals surface area contributed by atoms with E-state index < -0.39 is 6.61 Å². The van der Waals surface area contributed by atoms with Crippen molar-refractivity contribution in [1.82, 2.24) is 4.98 Å². The van der Waals surface area contributed by atoms with Gasteiger partial charge in [0.15, 0.2) is 6.29 Å². The summed E-state index contributed by atoms with van der Waals surface area (Å²) in [5.41, 5.74) is 0.0406. The lowest BCUT2D eigenvalue weighted by Gasteiger charge is -2.04. The number of carbonyl (C=O) groups excluding carboxylic acids is 1. The number of halogens is 3. The maximum Gasteiger partial charge on any atom is 0.388 e. The van der Waals surface area contributed by atoms with E-state index in [0.717, 1.165) is 0 Å². The van der Waals surface area contributed by atoms with E-state index in [-0.39, 0.29) is 16.0 Å². The van der Waals surface area contributed by atoms with E-state index in [1.165, 1.54) is 12.1 Å². The fraction of sp³-hybridized carbons (Fsp3) is 0.143. The molecule has 1 rings (SSSR count). The van der Waals surface area contributed by atoms with Crippen LogP contribution in [0, 0.1) is 0 Å². The molecular weight excluding hydrogens is 248 g/mol. The summed E-state index contributed by atoms with van der Waals surface area (Å²) in [7, 11) is 0. The Hall–Kier alpha value is -1.04. The topological polar surface area (TPSA) is 39.2 Å². The highest BCUT2D eigenvalue weighted by molar-refractivity contribution is 9.10. The Bertz CT molecular complexity index is 319. The zero-order valence-electron chi connectivity index (χ0n) is 6.21. The molecule has 0 unspecified atom stereocenters. The predicted molar refractivity (Wildman–Crippen MR) is 44.0 cm³/mol. The molecule has 0 saturated carbocycles. The van der Waals surface area contributed by atoms with Crippen LogP contribution >= 0.6 is 15.9 Å². The molecule has 0 radical (unpaired) electrons. The molecule has 0 aliphatic heterocycles. The zero-order valence-corrected chi connectivity index (χ0v) is 7.79. The molecule has 0 aromatic carbocycles. The zero-order chi connectivity index (χ0) is 9.84. The van der Waals surface area contributed by atoms with Crippen LogP contribution in [0.4, 0.5) is 8.78 Å². The Morgan fingerprint density at radius 3 is 2.77 bits per heavy atom. The molecular formula is C7H4BrF2NO2. The number of aromatic nitrogens is 1. The summed E-state index contributed by atoms with van der Waals surface area (Å²) in [6.07, 6.45) is 0.449. The van der Waals surface area contributed by atoms with Crippen molar-refractivity contribution in [1.29, 1.82) is 0 Å². The second-order valence-corrected chi connectivity index (χ2v) is 2.87. The van der Waals surface area contributed by atoms with Crippen molar-refractivity contribution in [2.75, 3.05) is 0 Å². The Labute approximate surface area is 80.9 Å². The number of nitrogens with zero attached hydrogens (tertiary/aromatic N) is 1. The molecule has 0 N–H and O–H groups in total. The van der Waals surface area contributed by atoms with Crippen LogP contribution in [0.3, 0.4) is 0 Å². The molecule has 0 bridgehead atoms. The highest BCUT2D eigenvalue weighted by Crippen LogP contribution is 2.23. The van der Waals surface area contributed by atoms with Crippen LogP contribution in [0.15, 0.2) is 16.6 Å². The van der Waals surface area contributed by atoms with Gasteiger partial charge in [-0.3, -0.25) is 4.79 Å². The molecule has 0 aliphatic rings. The van der Waals surface area contributed by atoms with Crippen LogP contribution in [-0.4, -0.2) is 17.9 Å². The predicted octanol–water partition coefficient (Wildman–Crippen LogP) is 2.26. The summed E-state index contributed by atoms with van der Waals surface area (Å²) in [4.78, 5) is 13.7. The average Bonchev–Trinajstić information content (AvgIpc) is 2.08. The lowest BCUT2D eigenvalue weighted by molar-refractivity contribution is -0.0534. The standard InChI is InChI=1S/C7H4BrF2NO2/c8-5-2-1-4(3-12)11-6(5)13-7(9)10/h1-3,7H. The van der Waals surface area contributed by atoms with E-state index >= 15 is 0 Å². The first-order chi connectivity index (χ1) is 6.13. The molecule has 0 atom stereocenters. The fourth-order valence-corrected chi connectivity index (χ4v) is 0.985. The molecule has 0 saturated heterocycles. The number of aldehydes is 1. The number of rotatable bonds is 3. The van der Waals surface area contributed by atoms with Gasteiger partial charge in [0, 0.05) is 0 Å². The third-order valence-corrected chi connectivity index (χ3v) is 1.76. The van der Waals surface area contributed by atoms with E-state index in [0.29, 0.717) is 6.29 Å².